The van der Waals surface area contributed by atoms with Crippen molar-refractivity contribution in [1.29, 1.82) is 0 Å². The van der Waals surface area contributed by atoms with Crippen LogP contribution in [0.5, 0.6) is 5.75 Å². The van der Waals surface area contributed by atoms with Gasteiger partial charge in [-0.1, -0.05) is 0 Å². The van der Waals surface area contributed by atoms with E-state index < -0.39 is 12.0 Å². The van der Waals surface area contributed by atoms with Crippen molar-refractivity contribution in [3.05, 3.63) is 28.8 Å². The van der Waals surface area contributed by atoms with Crippen molar-refractivity contribution in [2.24, 2.45) is 5.73 Å². The standard InChI is InChI=1S/C12H17NO4/c1-7-3-9(12(13)16)4-8(2)11(7)17-6-10(15)5-14/h3-4,10,14-15H,5-6H2,1-2H3,(H2,13,16)/t10-/m0/s1. The summed E-state index contributed by atoms with van der Waals surface area (Å²) in [7, 11) is 0. The van der Waals surface area contributed by atoms with Gasteiger partial charge in [0.2, 0.25) is 5.91 Å². The maximum absolute atomic E-state index is 11.0. The monoisotopic (exact) mass is 239 g/mol. The average Bonchev–Trinajstić information content (AvgIpc) is 2.27. The molecule has 1 aromatic carbocycles. The minimum Gasteiger partial charge on any atom is -0.490 e. The molecule has 0 unspecified atom stereocenters. The summed E-state index contributed by atoms with van der Waals surface area (Å²) in [4.78, 5) is 11.0. The molecule has 1 rings (SSSR count). The van der Waals surface area contributed by atoms with Gasteiger partial charge in [0.25, 0.3) is 0 Å². The maximum atomic E-state index is 11.0. The number of hydrogen-bond donors (Lipinski definition) is 3. The predicted octanol–water partition coefficient (Wildman–Crippen LogP) is 0.134. The number of carbonyl (C=O) groups is 1. The molecule has 1 atom stereocenters. The van der Waals surface area contributed by atoms with E-state index in [0.29, 0.717) is 11.3 Å². The fraction of sp³-hybridized carbons (Fsp3) is 0.417. The van der Waals surface area contributed by atoms with E-state index in [2.05, 4.69) is 0 Å². The van der Waals surface area contributed by atoms with Crippen molar-refractivity contribution in [2.75, 3.05) is 13.2 Å². The lowest BCUT2D eigenvalue weighted by Gasteiger charge is -2.15. The molecule has 5 heteroatoms. The number of rotatable bonds is 5. The largest absolute Gasteiger partial charge is 0.490 e. The number of aliphatic hydroxyl groups excluding tert-OH is 2. The summed E-state index contributed by atoms with van der Waals surface area (Å²) in [6.45, 7) is 3.24. The Balaban J connectivity index is 2.90. The Bertz CT molecular complexity index is 394. The predicted molar refractivity (Wildman–Crippen MR) is 63.0 cm³/mol. The lowest BCUT2D eigenvalue weighted by Crippen LogP contribution is -2.22. The molecule has 0 aliphatic heterocycles. The smallest absolute Gasteiger partial charge is 0.248 e. The molecule has 0 spiro atoms. The molecule has 0 aliphatic rings. The highest BCUT2D eigenvalue weighted by molar-refractivity contribution is 5.93. The topological polar surface area (TPSA) is 92.8 Å². The van der Waals surface area contributed by atoms with E-state index in [4.69, 9.17) is 15.6 Å². The van der Waals surface area contributed by atoms with E-state index >= 15 is 0 Å². The SMILES string of the molecule is Cc1cc(C(N)=O)cc(C)c1OC[C@@H](O)CO. The summed E-state index contributed by atoms with van der Waals surface area (Å²) in [6, 6.07) is 3.27. The number of benzene rings is 1. The molecule has 17 heavy (non-hydrogen) atoms. The quantitative estimate of drug-likeness (QED) is 0.681. The Morgan fingerprint density at radius 2 is 1.94 bits per heavy atom. The third kappa shape index (κ3) is 3.44. The Kier molecular flexibility index (Phi) is 4.48. The fourth-order valence-corrected chi connectivity index (χ4v) is 1.55. The summed E-state index contributed by atoms with van der Waals surface area (Å²) in [5, 5.41) is 17.9. The van der Waals surface area contributed by atoms with Crippen LogP contribution in [-0.2, 0) is 0 Å². The number of carbonyl (C=O) groups excluding carboxylic acids is 1. The minimum atomic E-state index is -0.912. The lowest BCUT2D eigenvalue weighted by molar-refractivity contribution is 0.0531. The highest BCUT2D eigenvalue weighted by Gasteiger charge is 2.11. The van der Waals surface area contributed by atoms with Gasteiger partial charge in [0.05, 0.1) is 6.61 Å². The highest BCUT2D eigenvalue weighted by Crippen LogP contribution is 2.24. The molecule has 0 heterocycles. The molecule has 0 radical (unpaired) electrons. The highest BCUT2D eigenvalue weighted by atomic mass is 16.5. The van der Waals surface area contributed by atoms with E-state index in [1.165, 1.54) is 0 Å². The Labute approximate surface area is 99.8 Å². The molecule has 0 bridgehead atoms. The van der Waals surface area contributed by atoms with Crippen molar-refractivity contribution >= 4 is 5.91 Å². The van der Waals surface area contributed by atoms with Gasteiger partial charge in [-0.15, -0.1) is 0 Å². The van der Waals surface area contributed by atoms with Crippen molar-refractivity contribution in [3.8, 4) is 5.75 Å². The van der Waals surface area contributed by atoms with Crippen LogP contribution in [0.25, 0.3) is 0 Å². The van der Waals surface area contributed by atoms with Crippen LogP contribution in [0, 0.1) is 13.8 Å². The van der Waals surface area contributed by atoms with Crippen LogP contribution < -0.4 is 10.5 Å². The zero-order valence-corrected chi connectivity index (χ0v) is 9.93. The van der Waals surface area contributed by atoms with Gasteiger partial charge in [0, 0.05) is 5.56 Å². The van der Waals surface area contributed by atoms with Crippen LogP contribution in [0.4, 0.5) is 0 Å². The van der Waals surface area contributed by atoms with Crippen LogP contribution in [0.15, 0.2) is 12.1 Å². The Morgan fingerprint density at radius 3 is 2.35 bits per heavy atom. The van der Waals surface area contributed by atoms with E-state index in [1.807, 2.05) is 0 Å². The van der Waals surface area contributed by atoms with Gasteiger partial charge in [-0.05, 0) is 37.1 Å². The minimum absolute atomic E-state index is 0.00803. The average molecular weight is 239 g/mol. The Morgan fingerprint density at radius 1 is 1.41 bits per heavy atom. The van der Waals surface area contributed by atoms with Crippen LogP contribution in [-0.4, -0.2) is 35.4 Å². The van der Waals surface area contributed by atoms with Crippen molar-refractivity contribution < 1.29 is 19.7 Å². The molecule has 1 amide bonds. The molecule has 0 aliphatic carbocycles. The zero-order chi connectivity index (χ0) is 13.0. The normalized spacial score (nSPS) is 12.2. The lowest BCUT2D eigenvalue weighted by atomic mass is 10.1. The number of nitrogens with two attached hydrogens (primary N) is 1. The number of primary amides is 1. The second-order valence-electron chi connectivity index (χ2n) is 3.95. The number of amides is 1. The molecule has 1 aromatic rings. The van der Waals surface area contributed by atoms with Crippen molar-refractivity contribution in [3.63, 3.8) is 0 Å². The first-order chi connectivity index (χ1) is 7.95. The second-order valence-corrected chi connectivity index (χ2v) is 3.95. The van der Waals surface area contributed by atoms with Crippen LogP contribution in [0.1, 0.15) is 21.5 Å². The van der Waals surface area contributed by atoms with E-state index in [9.17, 15) is 9.90 Å². The van der Waals surface area contributed by atoms with E-state index in [0.717, 1.165) is 11.1 Å². The first kappa shape index (κ1) is 13.5. The molecule has 0 fully saturated rings. The van der Waals surface area contributed by atoms with Gasteiger partial charge in [-0.25, -0.2) is 0 Å². The number of aliphatic hydroxyl groups is 2. The van der Waals surface area contributed by atoms with Crippen molar-refractivity contribution in [2.45, 2.75) is 20.0 Å². The van der Waals surface area contributed by atoms with Crippen LogP contribution in [0.3, 0.4) is 0 Å². The molecular weight excluding hydrogens is 222 g/mol. The molecule has 0 saturated carbocycles. The van der Waals surface area contributed by atoms with Gasteiger partial charge in [0.15, 0.2) is 0 Å². The van der Waals surface area contributed by atoms with Gasteiger partial charge >= 0.3 is 0 Å². The van der Waals surface area contributed by atoms with E-state index in [1.54, 1.807) is 26.0 Å². The second kappa shape index (κ2) is 5.65. The maximum Gasteiger partial charge on any atom is 0.248 e. The molecule has 5 nitrogen and oxygen atoms in total. The third-order valence-electron chi connectivity index (χ3n) is 2.38. The number of aryl methyl sites for hydroxylation is 2. The summed E-state index contributed by atoms with van der Waals surface area (Å²) in [5.41, 5.74) is 7.15. The third-order valence-corrected chi connectivity index (χ3v) is 2.38. The molecule has 0 aromatic heterocycles. The van der Waals surface area contributed by atoms with Crippen molar-refractivity contribution in [1.82, 2.24) is 0 Å². The molecule has 4 N–H and O–H groups in total. The van der Waals surface area contributed by atoms with Gasteiger partial charge in [-0.2, -0.15) is 0 Å². The first-order valence-corrected chi connectivity index (χ1v) is 5.28. The van der Waals surface area contributed by atoms with Crippen LogP contribution in [0.2, 0.25) is 0 Å². The summed E-state index contributed by atoms with van der Waals surface area (Å²) < 4.78 is 5.39. The fourth-order valence-electron chi connectivity index (χ4n) is 1.55. The zero-order valence-electron chi connectivity index (χ0n) is 9.93. The van der Waals surface area contributed by atoms with Crippen LogP contribution >= 0.6 is 0 Å². The first-order valence-electron chi connectivity index (χ1n) is 5.28. The summed E-state index contributed by atoms with van der Waals surface area (Å²) in [6.07, 6.45) is -0.912. The summed E-state index contributed by atoms with van der Waals surface area (Å²) >= 11 is 0. The van der Waals surface area contributed by atoms with E-state index in [-0.39, 0.29) is 13.2 Å². The number of hydrogen-bond acceptors (Lipinski definition) is 4. The Hall–Kier alpha value is -1.59. The molecule has 94 valence electrons. The number of ether oxygens (including phenoxy) is 1. The van der Waals surface area contributed by atoms with Gasteiger partial charge in [-0.3, -0.25) is 4.79 Å². The van der Waals surface area contributed by atoms with Gasteiger partial charge < -0.3 is 20.7 Å². The molecular formula is C12H17NO4. The molecule has 0 saturated heterocycles. The summed E-state index contributed by atoms with van der Waals surface area (Å²) in [5.74, 6) is 0.112. The van der Waals surface area contributed by atoms with Gasteiger partial charge in [0.1, 0.15) is 18.5 Å².